The molecule has 0 unspecified atom stereocenters. The Labute approximate surface area is 96.0 Å². The van der Waals surface area contributed by atoms with E-state index in [1.54, 1.807) is 6.07 Å². The standard InChI is InChI=1S/C14H17NO/c1-9-5-6-11-10(7-9)8-12(16)13(15-11)14(2,3)4/h5-8,16H,1-4H3. The van der Waals surface area contributed by atoms with Gasteiger partial charge in [0.25, 0.3) is 0 Å². The molecule has 0 bridgehead atoms. The molecular weight excluding hydrogens is 198 g/mol. The first kappa shape index (κ1) is 10.9. The van der Waals surface area contributed by atoms with E-state index in [0.717, 1.165) is 16.6 Å². The molecule has 16 heavy (non-hydrogen) atoms. The number of pyridine rings is 1. The highest BCUT2D eigenvalue weighted by atomic mass is 16.3. The van der Waals surface area contributed by atoms with Crippen LogP contribution in [0.3, 0.4) is 0 Å². The fourth-order valence-electron chi connectivity index (χ4n) is 1.84. The Hall–Kier alpha value is -1.57. The molecule has 1 heterocycles. The quantitative estimate of drug-likeness (QED) is 0.729. The SMILES string of the molecule is Cc1ccc2nc(C(C)(C)C)c(O)cc2c1. The molecule has 0 fully saturated rings. The topological polar surface area (TPSA) is 33.1 Å². The number of fused-ring (bicyclic) bond motifs is 1. The van der Waals surface area contributed by atoms with Gasteiger partial charge in [-0.3, -0.25) is 0 Å². The smallest absolute Gasteiger partial charge is 0.138 e. The van der Waals surface area contributed by atoms with Gasteiger partial charge in [0.15, 0.2) is 0 Å². The molecule has 2 aromatic rings. The van der Waals surface area contributed by atoms with Gasteiger partial charge in [0.2, 0.25) is 0 Å². The molecule has 1 aromatic heterocycles. The van der Waals surface area contributed by atoms with E-state index in [0.29, 0.717) is 0 Å². The lowest BCUT2D eigenvalue weighted by molar-refractivity contribution is 0.440. The summed E-state index contributed by atoms with van der Waals surface area (Å²) in [5.74, 6) is 0.283. The first-order valence-electron chi connectivity index (χ1n) is 5.49. The van der Waals surface area contributed by atoms with E-state index in [2.05, 4.69) is 25.8 Å². The zero-order chi connectivity index (χ0) is 11.9. The first-order valence-corrected chi connectivity index (χ1v) is 5.49. The van der Waals surface area contributed by atoms with E-state index < -0.39 is 0 Å². The molecule has 0 atom stereocenters. The van der Waals surface area contributed by atoms with E-state index in [1.165, 1.54) is 5.56 Å². The van der Waals surface area contributed by atoms with Crippen LogP contribution in [0.2, 0.25) is 0 Å². The summed E-state index contributed by atoms with van der Waals surface area (Å²) in [6, 6.07) is 7.88. The number of aromatic hydroxyl groups is 1. The van der Waals surface area contributed by atoms with Gasteiger partial charge in [-0.1, -0.05) is 32.4 Å². The molecular formula is C14H17NO. The minimum Gasteiger partial charge on any atom is -0.506 e. The zero-order valence-corrected chi connectivity index (χ0v) is 10.2. The zero-order valence-electron chi connectivity index (χ0n) is 10.2. The summed E-state index contributed by atoms with van der Waals surface area (Å²) in [4.78, 5) is 4.54. The molecule has 0 aliphatic heterocycles. The van der Waals surface area contributed by atoms with Crippen LogP contribution in [0.4, 0.5) is 0 Å². The molecule has 0 aliphatic carbocycles. The second-order valence-electron chi connectivity index (χ2n) is 5.30. The summed E-state index contributed by atoms with van der Waals surface area (Å²) in [6.07, 6.45) is 0. The lowest BCUT2D eigenvalue weighted by atomic mass is 9.90. The number of hydrogen-bond acceptors (Lipinski definition) is 2. The van der Waals surface area contributed by atoms with Crippen LogP contribution in [-0.2, 0) is 5.41 Å². The third-order valence-corrected chi connectivity index (χ3v) is 2.66. The van der Waals surface area contributed by atoms with Gasteiger partial charge in [0.1, 0.15) is 5.75 Å². The van der Waals surface area contributed by atoms with Crippen molar-refractivity contribution in [3.63, 3.8) is 0 Å². The van der Waals surface area contributed by atoms with E-state index in [9.17, 15) is 5.11 Å². The van der Waals surface area contributed by atoms with Gasteiger partial charge in [0.05, 0.1) is 11.2 Å². The molecule has 0 spiro atoms. The van der Waals surface area contributed by atoms with Gasteiger partial charge >= 0.3 is 0 Å². The van der Waals surface area contributed by atoms with Crippen LogP contribution in [0.25, 0.3) is 10.9 Å². The summed E-state index contributed by atoms with van der Waals surface area (Å²) in [5.41, 5.74) is 2.73. The highest BCUT2D eigenvalue weighted by molar-refractivity contribution is 5.81. The highest BCUT2D eigenvalue weighted by Gasteiger charge is 2.20. The van der Waals surface area contributed by atoms with Crippen LogP contribution < -0.4 is 0 Å². The van der Waals surface area contributed by atoms with Crippen molar-refractivity contribution >= 4 is 10.9 Å². The largest absolute Gasteiger partial charge is 0.506 e. The number of aromatic nitrogens is 1. The minimum atomic E-state index is -0.136. The Balaban J connectivity index is 2.72. The maximum absolute atomic E-state index is 9.97. The molecule has 1 aromatic carbocycles. The molecule has 0 saturated carbocycles. The molecule has 0 aliphatic rings. The van der Waals surface area contributed by atoms with Crippen molar-refractivity contribution in [1.29, 1.82) is 0 Å². The van der Waals surface area contributed by atoms with Gasteiger partial charge in [0, 0.05) is 10.8 Å². The lowest BCUT2D eigenvalue weighted by Gasteiger charge is -2.19. The molecule has 2 rings (SSSR count). The second kappa shape index (κ2) is 3.48. The molecule has 1 N–H and O–H groups in total. The summed E-state index contributed by atoms with van der Waals surface area (Å²) < 4.78 is 0. The summed E-state index contributed by atoms with van der Waals surface area (Å²) in [7, 11) is 0. The fourth-order valence-corrected chi connectivity index (χ4v) is 1.84. The highest BCUT2D eigenvalue weighted by Crippen LogP contribution is 2.31. The predicted octanol–water partition coefficient (Wildman–Crippen LogP) is 3.55. The van der Waals surface area contributed by atoms with Crippen molar-refractivity contribution in [3.8, 4) is 5.75 Å². The van der Waals surface area contributed by atoms with E-state index in [1.807, 2.05) is 25.1 Å². The fraction of sp³-hybridized carbons (Fsp3) is 0.357. The number of rotatable bonds is 0. The third-order valence-electron chi connectivity index (χ3n) is 2.66. The number of benzene rings is 1. The average Bonchev–Trinajstić information content (AvgIpc) is 2.14. The van der Waals surface area contributed by atoms with E-state index in [4.69, 9.17) is 0 Å². The minimum absolute atomic E-state index is 0.136. The first-order chi connectivity index (χ1) is 7.38. The van der Waals surface area contributed by atoms with Gasteiger partial charge in [-0.25, -0.2) is 4.98 Å². The Kier molecular flexibility index (Phi) is 2.38. The average molecular weight is 215 g/mol. The van der Waals surface area contributed by atoms with Crippen LogP contribution in [-0.4, -0.2) is 10.1 Å². The van der Waals surface area contributed by atoms with Gasteiger partial charge in [-0.2, -0.15) is 0 Å². The summed E-state index contributed by atoms with van der Waals surface area (Å²) in [6.45, 7) is 8.19. The molecule has 0 saturated heterocycles. The van der Waals surface area contributed by atoms with Crippen molar-refractivity contribution in [1.82, 2.24) is 4.98 Å². The van der Waals surface area contributed by atoms with E-state index in [-0.39, 0.29) is 11.2 Å². The third kappa shape index (κ3) is 1.87. The number of hydrogen-bond donors (Lipinski definition) is 1. The van der Waals surface area contributed by atoms with Crippen LogP contribution in [0.15, 0.2) is 24.3 Å². The lowest BCUT2D eigenvalue weighted by Crippen LogP contribution is -2.13. The summed E-state index contributed by atoms with van der Waals surface area (Å²) in [5, 5.41) is 11.0. The van der Waals surface area contributed by atoms with Crippen LogP contribution in [0.1, 0.15) is 32.0 Å². The van der Waals surface area contributed by atoms with Crippen molar-refractivity contribution in [2.75, 3.05) is 0 Å². The molecule has 2 nitrogen and oxygen atoms in total. The molecule has 2 heteroatoms. The second-order valence-corrected chi connectivity index (χ2v) is 5.30. The van der Waals surface area contributed by atoms with Crippen LogP contribution in [0.5, 0.6) is 5.75 Å². The van der Waals surface area contributed by atoms with Gasteiger partial charge < -0.3 is 5.11 Å². The molecule has 84 valence electrons. The molecule has 0 amide bonds. The maximum atomic E-state index is 9.97. The Morgan fingerprint density at radius 3 is 2.44 bits per heavy atom. The Morgan fingerprint density at radius 1 is 1.12 bits per heavy atom. The Morgan fingerprint density at radius 2 is 1.81 bits per heavy atom. The number of nitrogens with zero attached hydrogens (tertiary/aromatic N) is 1. The van der Waals surface area contributed by atoms with Crippen molar-refractivity contribution < 1.29 is 5.11 Å². The van der Waals surface area contributed by atoms with Crippen molar-refractivity contribution in [2.45, 2.75) is 33.1 Å². The van der Waals surface area contributed by atoms with Crippen molar-refractivity contribution in [3.05, 3.63) is 35.5 Å². The van der Waals surface area contributed by atoms with Gasteiger partial charge in [-0.15, -0.1) is 0 Å². The van der Waals surface area contributed by atoms with Crippen LogP contribution in [0, 0.1) is 6.92 Å². The van der Waals surface area contributed by atoms with Gasteiger partial charge in [-0.05, 0) is 25.1 Å². The van der Waals surface area contributed by atoms with E-state index >= 15 is 0 Å². The Bertz CT molecular complexity index is 538. The van der Waals surface area contributed by atoms with Crippen LogP contribution >= 0.6 is 0 Å². The van der Waals surface area contributed by atoms with Crippen molar-refractivity contribution in [2.24, 2.45) is 0 Å². The molecule has 0 radical (unpaired) electrons. The summed E-state index contributed by atoms with van der Waals surface area (Å²) >= 11 is 0. The number of aryl methyl sites for hydroxylation is 1. The normalized spacial score (nSPS) is 12.0. The monoisotopic (exact) mass is 215 g/mol. The maximum Gasteiger partial charge on any atom is 0.138 e. The predicted molar refractivity (Wildman–Crippen MR) is 66.8 cm³/mol.